The number of hydrogen-bond acceptors (Lipinski definition) is 2. The van der Waals surface area contributed by atoms with Crippen molar-refractivity contribution >= 4 is 5.96 Å². The average Bonchev–Trinajstić information content (AvgIpc) is 2.18. The van der Waals surface area contributed by atoms with Crippen molar-refractivity contribution in [2.45, 2.75) is 0 Å². The zero-order chi connectivity index (χ0) is 11.3. The predicted octanol–water partition coefficient (Wildman–Crippen LogP) is 0.617. The molecule has 82 valence electrons. The molecule has 15 heavy (non-hydrogen) atoms. The Morgan fingerprint density at radius 2 is 2.00 bits per heavy atom. The average molecular weight is 215 g/mol. The SMILES string of the molecule is NC(N)=NCCOc1ccc(F)c(F)c1. The van der Waals surface area contributed by atoms with Gasteiger partial charge in [-0.3, -0.25) is 4.99 Å². The third-order valence-corrected chi connectivity index (χ3v) is 1.55. The van der Waals surface area contributed by atoms with Gasteiger partial charge >= 0.3 is 0 Å². The first kappa shape index (κ1) is 11.2. The van der Waals surface area contributed by atoms with Gasteiger partial charge in [-0.15, -0.1) is 0 Å². The number of aliphatic imine (C=N–C) groups is 1. The number of benzene rings is 1. The smallest absolute Gasteiger partial charge is 0.186 e. The Morgan fingerprint density at radius 1 is 1.27 bits per heavy atom. The fourth-order valence-corrected chi connectivity index (χ4v) is 0.905. The highest BCUT2D eigenvalue weighted by Crippen LogP contribution is 2.14. The molecule has 6 heteroatoms. The van der Waals surface area contributed by atoms with Crippen LogP contribution in [0, 0.1) is 11.6 Å². The minimum atomic E-state index is -0.950. The van der Waals surface area contributed by atoms with Gasteiger partial charge in [-0.05, 0) is 12.1 Å². The van der Waals surface area contributed by atoms with Gasteiger partial charge in [0.05, 0.1) is 6.54 Å². The van der Waals surface area contributed by atoms with Crippen LogP contribution in [0.4, 0.5) is 8.78 Å². The quantitative estimate of drug-likeness (QED) is 0.439. The summed E-state index contributed by atoms with van der Waals surface area (Å²) < 4.78 is 30.3. The van der Waals surface area contributed by atoms with Crippen LogP contribution in [0.1, 0.15) is 0 Å². The molecule has 1 aromatic carbocycles. The van der Waals surface area contributed by atoms with E-state index in [2.05, 4.69) is 4.99 Å². The van der Waals surface area contributed by atoms with Gasteiger partial charge in [0, 0.05) is 6.07 Å². The molecule has 0 radical (unpaired) electrons. The molecule has 0 aliphatic carbocycles. The highest BCUT2D eigenvalue weighted by atomic mass is 19.2. The molecular weight excluding hydrogens is 204 g/mol. The van der Waals surface area contributed by atoms with E-state index in [1.165, 1.54) is 6.07 Å². The molecule has 0 saturated carbocycles. The standard InChI is InChI=1S/C9H11F2N3O/c10-7-2-1-6(5-8(7)11)15-4-3-14-9(12)13/h1-2,5H,3-4H2,(H4,12,13,14). The molecule has 0 aliphatic rings. The second-order valence-corrected chi connectivity index (χ2v) is 2.73. The summed E-state index contributed by atoms with van der Waals surface area (Å²) in [5, 5.41) is 0. The molecule has 0 aliphatic heterocycles. The van der Waals surface area contributed by atoms with Crippen LogP contribution in [0.3, 0.4) is 0 Å². The van der Waals surface area contributed by atoms with Crippen LogP contribution in [-0.2, 0) is 0 Å². The Morgan fingerprint density at radius 3 is 2.60 bits per heavy atom. The molecule has 0 unspecified atom stereocenters. The van der Waals surface area contributed by atoms with Gasteiger partial charge in [0.25, 0.3) is 0 Å². The number of nitrogens with zero attached hydrogens (tertiary/aromatic N) is 1. The molecule has 0 bridgehead atoms. The number of nitrogens with two attached hydrogens (primary N) is 2. The topological polar surface area (TPSA) is 73.6 Å². The van der Waals surface area contributed by atoms with E-state index in [1.807, 2.05) is 0 Å². The first-order valence-electron chi connectivity index (χ1n) is 4.23. The normalized spacial score (nSPS) is 9.73. The van der Waals surface area contributed by atoms with Crippen molar-refractivity contribution in [1.29, 1.82) is 0 Å². The van der Waals surface area contributed by atoms with Crippen LogP contribution in [0.25, 0.3) is 0 Å². The van der Waals surface area contributed by atoms with Crippen molar-refractivity contribution in [3.8, 4) is 5.75 Å². The summed E-state index contributed by atoms with van der Waals surface area (Å²) in [6.07, 6.45) is 0. The van der Waals surface area contributed by atoms with Crippen molar-refractivity contribution in [3.05, 3.63) is 29.8 Å². The molecule has 4 N–H and O–H groups in total. The van der Waals surface area contributed by atoms with Crippen LogP contribution in [0.5, 0.6) is 5.75 Å². The van der Waals surface area contributed by atoms with Gasteiger partial charge < -0.3 is 16.2 Å². The number of rotatable bonds is 4. The van der Waals surface area contributed by atoms with E-state index in [9.17, 15) is 8.78 Å². The fourth-order valence-electron chi connectivity index (χ4n) is 0.905. The zero-order valence-electron chi connectivity index (χ0n) is 7.91. The van der Waals surface area contributed by atoms with Gasteiger partial charge in [0.1, 0.15) is 12.4 Å². The van der Waals surface area contributed by atoms with Crippen molar-refractivity contribution in [3.63, 3.8) is 0 Å². The van der Waals surface area contributed by atoms with Gasteiger partial charge in [0.15, 0.2) is 17.6 Å². The van der Waals surface area contributed by atoms with Crippen LogP contribution >= 0.6 is 0 Å². The third-order valence-electron chi connectivity index (χ3n) is 1.55. The van der Waals surface area contributed by atoms with Crippen molar-refractivity contribution in [2.24, 2.45) is 16.5 Å². The molecular formula is C9H11F2N3O. The Bertz CT molecular complexity index is 364. The molecule has 0 fully saturated rings. The maximum atomic E-state index is 12.7. The Balaban J connectivity index is 2.44. The van der Waals surface area contributed by atoms with E-state index in [1.54, 1.807) is 0 Å². The summed E-state index contributed by atoms with van der Waals surface area (Å²) >= 11 is 0. The minimum absolute atomic E-state index is 0.0381. The van der Waals surface area contributed by atoms with E-state index in [-0.39, 0.29) is 24.9 Å². The number of halogens is 2. The largest absolute Gasteiger partial charge is 0.492 e. The van der Waals surface area contributed by atoms with Crippen molar-refractivity contribution < 1.29 is 13.5 Å². The van der Waals surface area contributed by atoms with Gasteiger partial charge in [0.2, 0.25) is 0 Å². The second kappa shape index (κ2) is 5.14. The first-order valence-corrected chi connectivity index (χ1v) is 4.23. The summed E-state index contributed by atoms with van der Waals surface area (Å²) in [6, 6.07) is 3.28. The highest BCUT2D eigenvalue weighted by Gasteiger charge is 2.02. The molecule has 0 amide bonds. The summed E-state index contributed by atoms with van der Waals surface area (Å²) in [5.41, 5.74) is 10.2. The fraction of sp³-hybridized carbons (Fsp3) is 0.222. The van der Waals surface area contributed by atoms with Crippen LogP contribution in [-0.4, -0.2) is 19.1 Å². The molecule has 1 aromatic rings. The van der Waals surface area contributed by atoms with Crippen molar-refractivity contribution in [2.75, 3.05) is 13.2 Å². The number of ether oxygens (including phenoxy) is 1. The van der Waals surface area contributed by atoms with Gasteiger partial charge in [-0.2, -0.15) is 0 Å². The zero-order valence-corrected chi connectivity index (χ0v) is 7.91. The molecule has 0 aromatic heterocycles. The maximum Gasteiger partial charge on any atom is 0.186 e. The number of guanidine groups is 1. The number of hydrogen-bond donors (Lipinski definition) is 2. The van der Waals surface area contributed by atoms with Crippen LogP contribution in [0.2, 0.25) is 0 Å². The molecule has 0 heterocycles. The summed E-state index contributed by atoms with van der Waals surface area (Å²) in [7, 11) is 0. The Labute approximate surface area is 85.5 Å². The molecule has 0 spiro atoms. The lowest BCUT2D eigenvalue weighted by atomic mass is 10.3. The Kier molecular flexibility index (Phi) is 3.84. The minimum Gasteiger partial charge on any atom is -0.492 e. The van der Waals surface area contributed by atoms with E-state index in [4.69, 9.17) is 16.2 Å². The van der Waals surface area contributed by atoms with Crippen LogP contribution in [0.15, 0.2) is 23.2 Å². The lowest BCUT2D eigenvalue weighted by Crippen LogP contribution is -2.23. The van der Waals surface area contributed by atoms with Crippen LogP contribution < -0.4 is 16.2 Å². The third kappa shape index (κ3) is 3.80. The molecule has 0 atom stereocenters. The summed E-state index contributed by atoms with van der Waals surface area (Å²) in [5.74, 6) is -1.66. The lowest BCUT2D eigenvalue weighted by molar-refractivity contribution is 0.325. The van der Waals surface area contributed by atoms with Gasteiger partial charge in [-0.25, -0.2) is 8.78 Å². The Hall–Kier alpha value is -1.85. The van der Waals surface area contributed by atoms with Gasteiger partial charge in [-0.1, -0.05) is 0 Å². The predicted molar refractivity (Wildman–Crippen MR) is 52.5 cm³/mol. The van der Waals surface area contributed by atoms with E-state index in [0.29, 0.717) is 0 Å². The molecule has 1 rings (SSSR count). The summed E-state index contributed by atoms with van der Waals surface area (Å²) in [6.45, 7) is 0.463. The first-order chi connectivity index (χ1) is 7.09. The van der Waals surface area contributed by atoms with Crippen molar-refractivity contribution in [1.82, 2.24) is 0 Å². The van der Waals surface area contributed by atoms with E-state index >= 15 is 0 Å². The summed E-state index contributed by atoms with van der Waals surface area (Å²) in [4.78, 5) is 3.66. The molecule has 0 saturated heterocycles. The maximum absolute atomic E-state index is 12.7. The highest BCUT2D eigenvalue weighted by molar-refractivity contribution is 5.75. The van der Waals surface area contributed by atoms with E-state index < -0.39 is 11.6 Å². The monoisotopic (exact) mass is 215 g/mol. The molecule has 4 nitrogen and oxygen atoms in total. The van der Waals surface area contributed by atoms with E-state index in [0.717, 1.165) is 12.1 Å². The second-order valence-electron chi connectivity index (χ2n) is 2.73. The lowest BCUT2D eigenvalue weighted by Gasteiger charge is -2.04.